The summed E-state index contributed by atoms with van der Waals surface area (Å²) >= 11 is 5.97. The fourth-order valence-electron chi connectivity index (χ4n) is 1.47. The Balaban J connectivity index is 3.48. The van der Waals surface area contributed by atoms with Gasteiger partial charge in [0.2, 0.25) is 0 Å². The molecule has 1 rings (SSSR count). The summed E-state index contributed by atoms with van der Waals surface area (Å²) in [5.41, 5.74) is -0.210. The van der Waals surface area contributed by atoms with E-state index in [4.69, 9.17) is 16.3 Å². The average Bonchev–Trinajstić information content (AvgIpc) is 2.10. The molecule has 1 aromatic rings. The second-order valence-corrected chi connectivity index (χ2v) is 4.38. The van der Waals surface area contributed by atoms with Crippen molar-refractivity contribution in [3.8, 4) is 11.5 Å². The number of benzene rings is 1. The molecule has 0 radical (unpaired) electrons. The minimum atomic E-state index is -1.13. The standard InChI is InChI=1S/C11H15ClO3/c1-6-9(13)7(11(2,3)14)5-8(12)10(6)15-4/h5,13-14H,1-4H3. The molecule has 84 valence electrons. The molecule has 0 aliphatic rings. The highest BCUT2D eigenvalue weighted by atomic mass is 35.5. The van der Waals surface area contributed by atoms with E-state index < -0.39 is 5.60 Å². The van der Waals surface area contributed by atoms with Crippen LogP contribution in [-0.4, -0.2) is 17.3 Å². The minimum absolute atomic E-state index is 0.0174. The topological polar surface area (TPSA) is 49.7 Å². The van der Waals surface area contributed by atoms with Crippen molar-refractivity contribution < 1.29 is 14.9 Å². The van der Waals surface area contributed by atoms with Crippen LogP contribution in [0.25, 0.3) is 0 Å². The Bertz CT molecular complexity index is 380. The molecule has 0 unspecified atom stereocenters. The van der Waals surface area contributed by atoms with Gasteiger partial charge in [0.05, 0.1) is 17.7 Å². The Morgan fingerprint density at radius 1 is 1.40 bits per heavy atom. The maximum atomic E-state index is 9.87. The summed E-state index contributed by atoms with van der Waals surface area (Å²) < 4.78 is 5.05. The molecular formula is C11H15ClO3. The van der Waals surface area contributed by atoms with Crippen molar-refractivity contribution in [2.45, 2.75) is 26.4 Å². The number of methoxy groups -OCH3 is 1. The van der Waals surface area contributed by atoms with Gasteiger partial charge in [-0.1, -0.05) is 11.6 Å². The van der Waals surface area contributed by atoms with E-state index in [2.05, 4.69) is 0 Å². The first-order valence-electron chi connectivity index (χ1n) is 4.58. The van der Waals surface area contributed by atoms with E-state index >= 15 is 0 Å². The summed E-state index contributed by atoms with van der Waals surface area (Å²) in [4.78, 5) is 0. The number of aromatic hydroxyl groups is 1. The highest BCUT2D eigenvalue weighted by Crippen LogP contribution is 2.41. The van der Waals surface area contributed by atoms with Crippen LogP contribution in [-0.2, 0) is 5.60 Å². The highest BCUT2D eigenvalue weighted by molar-refractivity contribution is 6.32. The third kappa shape index (κ3) is 2.19. The van der Waals surface area contributed by atoms with Gasteiger partial charge in [0.1, 0.15) is 11.5 Å². The second-order valence-electron chi connectivity index (χ2n) is 3.97. The quantitative estimate of drug-likeness (QED) is 0.821. The van der Waals surface area contributed by atoms with Crippen LogP contribution < -0.4 is 4.74 Å². The van der Waals surface area contributed by atoms with Crippen molar-refractivity contribution in [2.75, 3.05) is 7.11 Å². The maximum absolute atomic E-state index is 9.87. The van der Waals surface area contributed by atoms with Gasteiger partial charge in [-0.05, 0) is 26.8 Å². The van der Waals surface area contributed by atoms with Crippen LogP contribution in [0, 0.1) is 6.92 Å². The molecule has 0 spiro atoms. The fraction of sp³-hybridized carbons (Fsp3) is 0.455. The summed E-state index contributed by atoms with van der Waals surface area (Å²) in [5, 5.41) is 20.1. The van der Waals surface area contributed by atoms with Crippen LogP contribution in [0.5, 0.6) is 11.5 Å². The van der Waals surface area contributed by atoms with Crippen LogP contribution in [0.15, 0.2) is 6.07 Å². The molecule has 0 bridgehead atoms. The molecule has 0 atom stereocenters. The summed E-state index contributed by atoms with van der Waals surface area (Å²) in [6.45, 7) is 4.86. The van der Waals surface area contributed by atoms with Gasteiger partial charge in [0, 0.05) is 11.1 Å². The first-order chi connectivity index (χ1) is 6.79. The van der Waals surface area contributed by atoms with Crippen molar-refractivity contribution in [3.63, 3.8) is 0 Å². The smallest absolute Gasteiger partial charge is 0.144 e. The molecule has 0 heterocycles. The Morgan fingerprint density at radius 3 is 2.33 bits per heavy atom. The average molecular weight is 231 g/mol. The Labute approximate surface area is 94.3 Å². The monoisotopic (exact) mass is 230 g/mol. The molecule has 3 nitrogen and oxygen atoms in total. The molecule has 0 aromatic heterocycles. The van der Waals surface area contributed by atoms with E-state index in [0.29, 0.717) is 21.9 Å². The maximum Gasteiger partial charge on any atom is 0.144 e. The van der Waals surface area contributed by atoms with Crippen LogP contribution in [0.1, 0.15) is 25.0 Å². The number of hydrogen-bond acceptors (Lipinski definition) is 3. The molecule has 2 N–H and O–H groups in total. The number of phenols is 1. The van der Waals surface area contributed by atoms with Gasteiger partial charge >= 0.3 is 0 Å². The molecule has 0 saturated heterocycles. The number of aliphatic hydroxyl groups is 1. The van der Waals surface area contributed by atoms with E-state index in [-0.39, 0.29) is 5.75 Å². The highest BCUT2D eigenvalue weighted by Gasteiger charge is 2.24. The number of phenolic OH excluding ortho intramolecular Hbond substituents is 1. The predicted molar refractivity (Wildman–Crippen MR) is 59.7 cm³/mol. The zero-order valence-electron chi connectivity index (χ0n) is 9.26. The van der Waals surface area contributed by atoms with Crippen LogP contribution >= 0.6 is 11.6 Å². The minimum Gasteiger partial charge on any atom is -0.507 e. The fourth-order valence-corrected chi connectivity index (χ4v) is 1.79. The van der Waals surface area contributed by atoms with Gasteiger partial charge in [-0.15, -0.1) is 0 Å². The number of ether oxygens (including phenoxy) is 1. The molecule has 15 heavy (non-hydrogen) atoms. The van der Waals surface area contributed by atoms with Gasteiger partial charge in [0.25, 0.3) is 0 Å². The largest absolute Gasteiger partial charge is 0.507 e. The lowest BCUT2D eigenvalue weighted by atomic mass is 9.95. The van der Waals surface area contributed by atoms with Gasteiger partial charge in [-0.3, -0.25) is 0 Å². The molecule has 0 aliphatic heterocycles. The predicted octanol–water partition coefficient (Wildman–Crippen LogP) is 2.59. The normalized spacial score (nSPS) is 11.6. The first kappa shape index (κ1) is 12.1. The zero-order valence-corrected chi connectivity index (χ0v) is 10.0. The molecule has 0 fully saturated rings. The molecule has 0 amide bonds. The van der Waals surface area contributed by atoms with E-state index in [0.717, 1.165) is 0 Å². The van der Waals surface area contributed by atoms with Gasteiger partial charge in [0.15, 0.2) is 0 Å². The lowest BCUT2D eigenvalue weighted by molar-refractivity contribution is 0.0756. The lowest BCUT2D eigenvalue weighted by Gasteiger charge is -2.22. The van der Waals surface area contributed by atoms with Crippen molar-refractivity contribution >= 4 is 11.6 Å². The zero-order chi connectivity index (χ0) is 11.8. The Morgan fingerprint density at radius 2 is 1.93 bits per heavy atom. The molecule has 4 heteroatoms. The number of rotatable bonds is 2. The van der Waals surface area contributed by atoms with Gasteiger partial charge in [-0.2, -0.15) is 0 Å². The van der Waals surface area contributed by atoms with Crippen molar-refractivity contribution in [2.24, 2.45) is 0 Å². The van der Waals surface area contributed by atoms with Crippen LogP contribution in [0.4, 0.5) is 0 Å². The summed E-state index contributed by atoms with van der Waals surface area (Å²) in [5.74, 6) is 0.450. The molecule has 0 saturated carbocycles. The van der Waals surface area contributed by atoms with Crippen molar-refractivity contribution in [1.29, 1.82) is 0 Å². The van der Waals surface area contributed by atoms with Crippen molar-refractivity contribution in [3.05, 3.63) is 22.2 Å². The first-order valence-corrected chi connectivity index (χ1v) is 4.95. The Kier molecular flexibility index (Phi) is 3.16. The molecular weight excluding hydrogens is 216 g/mol. The van der Waals surface area contributed by atoms with Crippen LogP contribution in [0.2, 0.25) is 5.02 Å². The van der Waals surface area contributed by atoms with E-state index in [1.165, 1.54) is 13.2 Å². The van der Waals surface area contributed by atoms with E-state index in [1.54, 1.807) is 20.8 Å². The van der Waals surface area contributed by atoms with Crippen LogP contribution in [0.3, 0.4) is 0 Å². The van der Waals surface area contributed by atoms with Gasteiger partial charge < -0.3 is 14.9 Å². The van der Waals surface area contributed by atoms with E-state index in [1.807, 2.05) is 0 Å². The third-order valence-electron chi connectivity index (χ3n) is 2.30. The summed E-state index contributed by atoms with van der Waals surface area (Å²) in [6.07, 6.45) is 0. The van der Waals surface area contributed by atoms with Crippen molar-refractivity contribution in [1.82, 2.24) is 0 Å². The second kappa shape index (κ2) is 3.91. The summed E-state index contributed by atoms with van der Waals surface area (Å²) in [7, 11) is 1.48. The lowest BCUT2D eigenvalue weighted by Crippen LogP contribution is -2.16. The third-order valence-corrected chi connectivity index (χ3v) is 2.58. The SMILES string of the molecule is COc1c(Cl)cc(C(C)(C)O)c(O)c1C. The number of hydrogen-bond donors (Lipinski definition) is 2. The van der Waals surface area contributed by atoms with E-state index in [9.17, 15) is 10.2 Å². The molecule has 0 aliphatic carbocycles. The Hall–Kier alpha value is -0.930. The summed E-state index contributed by atoms with van der Waals surface area (Å²) in [6, 6.07) is 1.52. The molecule has 1 aromatic carbocycles. The number of halogens is 1. The van der Waals surface area contributed by atoms with Gasteiger partial charge in [-0.25, -0.2) is 0 Å².